The van der Waals surface area contributed by atoms with Crippen molar-refractivity contribution in [3.05, 3.63) is 51.5 Å². The van der Waals surface area contributed by atoms with Crippen LogP contribution in [-0.2, 0) is 6.42 Å². The zero-order valence-corrected chi connectivity index (χ0v) is 13.2. The maximum Gasteiger partial charge on any atom is 0.165 e. The number of hydrogen-bond acceptors (Lipinski definition) is 1. The van der Waals surface area contributed by atoms with Gasteiger partial charge in [0.25, 0.3) is 0 Å². The molecule has 0 saturated carbocycles. The van der Waals surface area contributed by atoms with E-state index in [9.17, 15) is 9.18 Å². The van der Waals surface area contributed by atoms with Crippen molar-refractivity contribution in [3.8, 4) is 5.69 Å². The third-order valence-electron chi connectivity index (χ3n) is 3.82. The first kappa shape index (κ1) is 14.6. The highest BCUT2D eigenvalue weighted by Gasteiger charge is 2.33. The summed E-state index contributed by atoms with van der Waals surface area (Å²) >= 11 is 11.7. The third-order valence-corrected chi connectivity index (χ3v) is 4.37. The van der Waals surface area contributed by atoms with Gasteiger partial charge in [-0.1, -0.05) is 37.0 Å². The van der Waals surface area contributed by atoms with E-state index in [0.717, 1.165) is 17.7 Å². The molecule has 0 atom stereocenters. The van der Waals surface area contributed by atoms with Gasteiger partial charge < -0.3 is 4.57 Å². The Bertz CT molecular complexity index is 726. The molecule has 2 nitrogen and oxygen atoms in total. The molecule has 1 aromatic heterocycles. The lowest BCUT2D eigenvalue weighted by Gasteiger charge is -2.29. The van der Waals surface area contributed by atoms with E-state index in [1.54, 1.807) is 6.07 Å². The number of benzene rings is 1. The molecular weight excluding hydrogens is 312 g/mol. The number of fused-ring (bicyclic) bond motifs is 1. The second-order valence-electron chi connectivity index (χ2n) is 6.21. The fourth-order valence-electron chi connectivity index (χ4n) is 2.87. The lowest BCUT2D eigenvalue weighted by atomic mass is 9.76. The summed E-state index contributed by atoms with van der Waals surface area (Å²) in [7, 11) is 0. The molecule has 2 aromatic rings. The van der Waals surface area contributed by atoms with E-state index in [2.05, 4.69) is 13.8 Å². The van der Waals surface area contributed by atoms with E-state index in [4.69, 9.17) is 23.2 Å². The van der Waals surface area contributed by atoms with E-state index in [1.165, 1.54) is 12.1 Å². The minimum atomic E-state index is -0.625. The van der Waals surface area contributed by atoms with Crippen LogP contribution in [0.2, 0.25) is 10.0 Å². The highest BCUT2D eigenvalue weighted by molar-refractivity contribution is 6.35. The predicted molar refractivity (Wildman–Crippen MR) is 82.2 cm³/mol. The molecule has 1 heterocycles. The maximum absolute atomic E-state index is 13.5. The lowest BCUT2D eigenvalue weighted by molar-refractivity contribution is 0.0911. The molecule has 0 unspecified atom stereocenters. The smallest absolute Gasteiger partial charge is 0.165 e. The largest absolute Gasteiger partial charge is 0.320 e. The summed E-state index contributed by atoms with van der Waals surface area (Å²) in [4.78, 5) is 12.2. The molecule has 0 fully saturated rings. The summed E-state index contributed by atoms with van der Waals surface area (Å²) in [5.74, 6) is -0.487. The Morgan fingerprint density at radius 2 is 1.81 bits per heavy atom. The number of halogens is 3. The molecule has 5 heteroatoms. The van der Waals surface area contributed by atoms with Crippen molar-refractivity contribution in [2.24, 2.45) is 5.41 Å². The van der Waals surface area contributed by atoms with Crippen LogP contribution in [0.1, 0.15) is 36.3 Å². The highest BCUT2D eigenvalue weighted by Crippen LogP contribution is 2.37. The Hall–Kier alpha value is -1.32. The second-order valence-corrected chi connectivity index (χ2v) is 7.02. The van der Waals surface area contributed by atoms with E-state index < -0.39 is 5.82 Å². The van der Waals surface area contributed by atoms with Crippen molar-refractivity contribution in [2.45, 2.75) is 26.7 Å². The van der Waals surface area contributed by atoms with Crippen LogP contribution in [0.4, 0.5) is 4.39 Å². The summed E-state index contributed by atoms with van der Waals surface area (Å²) < 4.78 is 15.4. The van der Waals surface area contributed by atoms with Crippen molar-refractivity contribution in [3.63, 3.8) is 0 Å². The lowest BCUT2D eigenvalue weighted by Crippen LogP contribution is -2.27. The molecule has 0 bridgehead atoms. The molecule has 0 radical (unpaired) electrons. The second kappa shape index (κ2) is 4.85. The first-order valence-electron chi connectivity index (χ1n) is 6.67. The monoisotopic (exact) mass is 325 g/mol. The number of carbonyl (C=O) groups is 1. The summed E-state index contributed by atoms with van der Waals surface area (Å²) in [5.41, 5.74) is 2.23. The number of aromatic nitrogens is 1. The van der Waals surface area contributed by atoms with Crippen molar-refractivity contribution in [1.29, 1.82) is 0 Å². The van der Waals surface area contributed by atoms with Gasteiger partial charge in [0, 0.05) is 29.6 Å². The zero-order valence-electron chi connectivity index (χ0n) is 11.7. The Morgan fingerprint density at radius 3 is 2.43 bits per heavy atom. The molecule has 110 valence electrons. The van der Waals surface area contributed by atoms with Gasteiger partial charge in [-0.25, -0.2) is 4.39 Å². The van der Waals surface area contributed by atoms with Gasteiger partial charge in [-0.05, 0) is 30.0 Å². The van der Waals surface area contributed by atoms with Gasteiger partial charge in [0.2, 0.25) is 0 Å². The normalized spacial score (nSPS) is 16.9. The average molecular weight is 326 g/mol. The van der Waals surface area contributed by atoms with Crippen molar-refractivity contribution >= 4 is 29.0 Å². The molecule has 0 amide bonds. The quantitative estimate of drug-likeness (QED) is 0.670. The summed E-state index contributed by atoms with van der Waals surface area (Å²) in [6.07, 6.45) is 3.12. The van der Waals surface area contributed by atoms with Gasteiger partial charge in [0.15, 0.2) is 11.6 Å². The third kappa shape index (κ3) is 2.49. The molecule has 1 aromatic carbocycles. The Labute approximate surface area is 132 Å². The molecule has 3 rings (SSSR count). The van der Waals surface area contributed by atoms with Gasteiger partial charge in [-0.15, -0.1) is 0 Å². The van der Waals surface area contributed by atoms with Crippen LogP contribution in [-0.4, -0.2) is 10.4 Å². The first-order chi connectivity index (χ1) is 9.78. The SMILES string of the molecule is CC1(C)CC(=O)c2ccn(-c3cc(Cl)c(F)c(Cl)c3)c2C1. The average Bonchev–Trinajstić information content (AvgIpc) is 2.77. The van der Waals surface area contributed by atoms with Crippen LogP contribution in [0.5, 0.6) is 0 Å². The Balaban J connectivity index is 2.16. The molecule has 1 aliphatic carbocycles. The van der Waals surface area contributed by atoms with Gasteiger partial charge in [-0.3, -0.25) is 4.79 Å². The van der Waals surface area contributed by atoms with E-state index >= 15 is 0 Å². The van der Waals surface area contributed by atoms with E-state index in [-0.39, 0.29) is 21.2 Å². The summed E-state index contributed by atoms with van der Waals surface area (Å²) in [5, 5.41) is -0.0531. The van der Waals surface area contributed by atoms with Crippen molar-refractivity contribution in [2.75, 3.05) is 0 Å². The topological polar surface area (TPSA) is 22.0 Å². The Morgan fingerprint density at radius 1 is 1.19 bits per heavy atom. The van der Waals surface area contributed by atoms with Gasteiger partial charge in [0.05, 0.1) is 10.0 Å². The number of hydrogen-bond donors (Lipinski definition) is 0. The first-order valence-corrected chi connectivity index (χ1v) is 7.42. The number of nitrogens with zero attached hydrogens (tertiary/aromatic N) is 1. The van der Waals surface area contributed by atoms with Crippen LogP contribution in [0.15, 0.2) is 24.4 Å². The molecule has 1 aliphatic rings. The van der Waals surface area contributed by atoms with Crippen molar-refractivity contribution in [1.82, 2.24) is 4.57 Å². The Kier molecular flexibility index (Phi) is 3.38. The van der Waals surface area contributed by atoms with Crippen LogP contribution < -0.4 is 0 Å². The minimum absolute atomic E-state index is 0.0265. The van der Waals surface area contributed by atoms with E-state index in [0.29, 0.717) is 12.1 Å². The fourth-order valence-corrected chi connectivity index (χ4v) is 3.34. The molecule has 21 heavy (non-hydrogen) atoms. The summed E-state index contributed by atoms with van der Waals surface area (Å²) in [6, 6.07) is 4.85. The molecule has 0 saturated heterocycles. The standard InChI is InChI=1S/C16H14Cl2FNO/c1-16(2)7-13-10(14(21)8-16)3-4-20(13)9-5-11(17)15(19)12(18)6-9/h3-6H,7-8H2,1-2H3. The molecule has 0 N–H and O–H groups in total. The van der Waals surface area contributed by atoms with Crippen LogP contribution in [0, 0.1) is 11.2 Å². The molecule has 0 aliphatic heterocycles. The number of carbonyl (C=O) groups excluding carboxylic acids is 1. The van der Waals surface area contributed by atoms with Crippen LogP contribution >= 0.6 is 23.2 Å². The minimum Gasteiger partial charge on any atom is -0.320 e. The van der Waals surface area contributed by atoms with Crippen LogP contribution in [0.25, 0.3) is 5.69 Å². The zero-order chi connectivity index (χ0) is 15.4. The predicted octanol–water partition coefficient (Wildman–Crippen LogP) is 5.08. The molecular formula is C16H14Cl2FNO. The van der Waals surface area contributed by atoms with Gasteiger partial charge >= 0.3 is 0 Å². The van der Waals surface area contributed by atoms with E-state index in [1.807, 2.05) is 10.8 Å². The fraction of sp³-hybridized carbons (Fsp3) is 0.312. The van der Waals surface area contributed by atoms with Crippen molar-refractivity contribution < 1.29 is 9.18 Å². The van der Waals surface area contributed by atoms with Crippen LogP contribution in [0.3, 0.4) is 0 Å². The maximum atomic E-state index is 13.5. The number of ketones is 1. The molecule has 0 spiro atoms. The number of Topliss-reactive ketones (excluding diaryl/α,β-unsaturated/α-hetero) is 1. The van der Waals surface area contributed by atoms with Gasteiger partial charge in [-0.2, -0.15) is 0 Å². The highest BCUT2D eigenvalue weighted by atomic mass is 35.5. The number of rotatable bonds is 1. The summed E-state index contributed by atoms with van der Waals surface area (Å²) in [6.45, 7) is 4.13. The van der Waals surface area contributed by atoms with Gasteiger partial charge in [0.1, 0.15) is 0 Å².